The number of nitrogens with one attached hydrogen (secondary N) is 1. The lowest BCUT2D eigenvalue weighted by Crippen LogP contribution is -2.10. The number of rotatable bonds is 4. The molecule has 1 fully saturated rings. The van der Waals surface area contributed by atoms with Crippen molar-refractivity contribution >= 4 is 11.7 Å². The first-order chi connectivity index (χ1) is 7.70. The summed E-state index contributed by atoms with van der Waals surface area (Å²) in [5, 5.41) is 2.64. The second-order valence-electron chi connectivity index (χ2n) is 4.26. The molecule has 0 atom stereocenters. The summed E-state index contributed by atoms with van der Waals surface area (Å²) < 4.78 is 0. The average Bonchev–Trinajstić information content (AvgIpc) is 3.11. The van der Waals surface area contributed by atoms with Gasteiger partial charge in [-0.2, -0.15) is 0 Å². The highest BCUT2D eigenvalue weighted by Crippen LogP contribution is 2.50. The number of aromatic nitrogens is 1. The highest BCUT2D eigenvalue weighted by Gasteiger charge is 2.42. The number of carbonyl (C=O) groups is 1. The Morgan fingerprint density at radius 1 is 1.62 bits per heavy atom. The van der Waals surface area contributed by atoms with Crippen LogP contribution >= 0.6 is 0 Å². The molecule has 0 aromatic carbocycles. The molecule has 1 N–H and O–H groups in total. The smallest absolute Gasteiger partial charge is 0.248 e. The number of hydrogen-bond donors (Lipinski definition) is 1. The maximum absolute atomic E-state index is 11.1. The molecule has 84 valence electrons. The van der Waals surface area contributed by atoms with Crippen LogP contribution in [0.15, 0.2) is 31.0 Å². The summed E-state index contributed by atoms with van der Waals surface area (Å²) in [6.07, 6.45) is 6.78. The molecule has 1 amide bonds. The van der Waals surface area contributed by atoms with E-state index in [1.807, 2.05) is 12.3 Å². The summed E-state index contributed by atoms with van der Waals surface area (Å²) in [7, 11) is 0. The zero-order chi connectivity index (χ0) is 11.6. The SMILES string of the molecule is C=CC(=O)Nc1ccc(C2(CC)CC2)cn1. The van der Waals surface area contributed by atoms with Crippen LogP contribution in [0.1, 0.15) is 31.7 Å². The highest BCUT2D eigenvalue weighted by molar-refractivity contribution is 5.98. The molecule has 16 heavy (non-hydrogen) atoms. The van der Waals surface area contributed by atoms with Gasteiger partial charge in [-0.25, -0.2) is 4.98 Å². The van der Waals surface area contributed by atoms with Crippen LogP contribution in [0.3, 0.4) is 0 Å². The van der Waals surface area contributed by atoms with Crippen molar-refractivity contribution in [2.24, 2.45) is 0 Å². The third kappa shape index (κ3) is 1.98. The number of hydrogen-bond acceptors (Lipinski definition) is 2. The monoisotopic (exact) mass is 216 g/mol. The third-order valence-corrected chi connectivity index (χ3v) is 3.34. The Balaban J connectivity index is 2.11. The second-order valence-corrected chi connectivity index (χ2v) is 4.26. The van der Waals surface area contributed by atoms with E-state index >= 15 is 0 Å². The molecule has 1 aromatic heterocycles. The first kappa shape index (κ1) is 10.9. The molecular weight excluding hydrogens is 200 g/mol. The van der Waals surface area contributed by atoms with Crippen molar-refractivity contribution < 1.29 is 4.79 Å². The number of anilines is 1. The number of amides is 1. The van der Waals surface area contributed by atoms with Gasteiger partial charge in [0, 0.05) is 6.20 Å². The summed E-state index contributed by atoms with van der Waals surface area (Å²) >= 11 is 0. The van der Waals surface area contributed by atoms with Crippen molar-refractivity contribution in [3.8, 4) is 0 Å². The van der Waals surface area contributed by atoms with Crippen molar-refractivity contribution in [3.63, 3.8) is 0 Å². The first-order valence-corrected chi connectivity index (χ1v) is 5.60. The molecule has 0 radical (unpaired) electrons. The molecule has 0 saturated heterocycles. The molecule has 1 saturated carbocycles. The van der Waals surface area contributed by atoms with E-state index < -0.39 is 0 Å². The van der Waals surface area contributed by atoms with Crippen molar-refractivity contribution in [2.75, 3.05) is 5.32 Å². The minimum atomic E-state index is -0.225. The zero-order valence-electron chi connectivity index (χ0n) is 9.49. The molecule has 1 aromatic rings. The molecule has 0 unspecified atom stereocenters. The molecule has 1 aliphatic carbocycles. The Kier molecular flexibility index (Phi) is 2.77. The van der Waals surface area contributed by atoms with Crippen molar-refractivity contribution in [1.82, 2.24) is 4.98 Å². The Morgan fingerprint density at radius 3 is 2.81 bits per heavy atom. The minimum absolute atomic E-state index is 0.225. The van der Waals surface area contributed by atoms with Gasteiger partial charge in [0.2, 0.25) is 5.91 Å². The second kappa shape index (κ2) is 4.08. The largest absolute Gasteiger partial charge is 0.307 e. The number of carbonyl (C=O) groups excluding carboxylic acids is 1. The van der Waals surface area contributed by atoms with Crippen LogP contribution in [0, 0.1) is 0 Å². The van der Waals surface area contributed by atoms with Crippen LogP contribution in [0.4, 0.5) is 5.82 Å². The van der Waals surface area contributed by atoms with Crippen LogP contribution in [-0.4, -0.2) is 10.9 Å². The van der Waals surface area contributed by atoms with Gasteiger partial charge >= 0.3 is 0 Å². The lowest BCUT2D eigenvalue weighted by molar-refractivity contribution is -0.111. The van der Waals surface area contributed by atoms with Crippen molar-refractivity contribution in [3.05, 3.63) is 36.5 Å². The molecule has 0 spiro atoms. The number of nitrogens with zero attached hydrogens (tertiary/aromatic N) is 1. The predicted octanol–water partition coefficient (Wildman–Crippen LogP) is 2.65. The van der Waals surface area contributed by atoms with Crippen molar-refractivity contribution in [1.29, 1.82) is 0 Å². The zero-order valence-corrected chi connectivity index (χ0v) is 9.49. The standard InChI is InChI=1S/C13H16N2O/c1-3-12(16)15-11-6-5-10(9-14-11)13(4-2)7-8-13/h3,5-6,9H,1,4,7-8H2,2H3,(H,14,15,16). The van der Waals surface area contributed by atoms with Crippen LogP contribution in [-0.2, 0) is 10.2 Å². The molecular formula is C13H16N2O. The maximum atomic E-state index is 11.1. The molecule has 1 aliphatic rings. The Morgan fingerprint density at radius 2 is 2.38 bits per heavy atom. The lowest BCUT2D eigenvalue weighted by Gasteiger charge is -2.12. The third-order valence-electron chi connectivity index (χ3n) is 3.34. The molecule has 1 heterocycles. The van der Waals surface area contributed by atoms with Crippen LogP contribution < -0.4 is 5.32 Å². The van der Waals surface area contributed by atoms with Crippen LogP contribution in [0.2, 0.25) is 0 Å². The van der Waals surface area contributed by atoms with E-state index in [0.29, 0.717) is 11.2 Å². The summed E-state index contributed by atoms with van der Waals surface area (Å²) in [6, 6.07) is 3.91. The van der Waals surface area contributed by atoms with Gasteiger partial charge < -0.3 is 5.32 Å². The Hall–Kier alpha value is -1.64. The lowest BCUT2D eigenvalue weighted by atomic mass is 9.95. The van der Waals surface area contributed by atoms with Gasteiger partial charge in [0.1, 0.15) is 5.82 Å². The van der Waals surface area contributed by atoms with Gasteiger partial charge in [-0.1, -0.05) is 19.6 Å². The molecule has 3 nitrogen and oxygen atoms in total. The van der Waals surface area contributed by atoms with E-state index in [0.717, 1.165) is 6.42 Å². The normalized spacial score (nSPS) is 16.6. The van der Waals surface area contributed by atoms with Gasteiger partial charge in [0.05, 0.1) is 0 Å². The van der Waals surface area contributed by atoms with E-state index in [1.54, 1.807) is 0 Å². The Bertz CT molecular complexity index is 404. The molecule has 0 bridgehead atoms. The van der Waals surface area contributed by atoms with E-state index in [9.17, 15) is 4.79 Å². The van der Waals surface area contributed by atoms with E-state index in [1.165, 1.54) is 24.5 Å². The van der Waals surface area contributed by atoms with Gasteiger partial charge in [-0.3, -0.25) is 4.79 Å². The van der Waals surface area contributed by atoms with E-state index in [4.69, 9.17) is 0 Å². The fraction of sp³-hybridized carbons (Fsp3) is 0.385. The quantitative estimate of drug-likeness (QED) is 0.786. The van der Waals surface area contributed by atoms with Crippen LogP contribution in [0.5, 0.6) is 0 Å². The van der Waals surface area contributed by atoms with Crippen LogP contribution in [0.25, 0.3) is 0 Å². The summed E-state index contributed by atoms with van der Waals surface area (Å²) in [4.78, 5) is 15.3. The Labute approximate surface area is 95.6 Å². The summed E-state index contributed by atoms with van der Waals surface area (Å²) in [5.74, 6) is 0.359. The van der Waals surface area contributed by atoms with Gasteiger partial charge in [-0.15, -0.1) is 0 Å². The summed E-state index contributed by atoms with van der Waals surface area (Å²) in [6.45, 7) is 5.61. The first-order valence-electron chi connectivity index (χ1n) is 5.60. The average molecular weight is 216 g/mol. The van der Waals surface area contributed by atoms with Crippen molar-refractivity contribution in [2.45, 2.75) is 31.6 Å². The molecule has 3 heteroatoms. The predicted molar refractivity (Wildman–Crippen MR) is 64.3 cm³/mol. The van der Waals surface area contributed by atoms with E-state index in [-0.39, 0.29) is 5.91 Å². The van der Waals surface area contributed by atoms with Gasteiger partial charge in [0.25, 0.3) is 0 Å². The fourth-order valence-corrected chi connectivity index (χ4v) is 1.96. The molecule has 0 aliphatic heterocycles. The van der Waals surface area contributed by atoms with E-state index in [2.05, 4.69) is 29.9 Å². The van der Waals surface area contributed by atoms with Gasteiger partial charge in [-0.05, 0) is 42.4 Å². The maximum Gasteiger partial charge on any atom is 0.248 e. The van der Waals surface area contributed by atoms with Gasteiger partial charge in [0.15, 0.2) is 0 Å². The topological polar surface area (TPSA) is 42.0 Å². The number of pyridine rings is 1. The summed E-state index contributed by atoms with van der Waals surface area (Å²) in [5.41, 5.74) is 1.65. The highest BCUT2D eigenvalue weighted by atomic mass is 16.1. The molecule has 2 rings (SSSR count). The minimum Gasteiger partial charge on any atom is -0.307 e. The fourth-order valence-electron chi connectivity index (χ4n) is 1.96.